The molecule has 0 amide bonds. The van der Waals surface area contributed by atoms with Crippen LogP contribution in [0.2, 0.25) is 0 Å². The lowest BCUT2D eigenvalue weighted by atomic mass is 9.49. The van der Waals surface area contributed by atoms with Gasteiger partial charge in [-0.3, -0.25) is 19.2 Å². The highest BCUT2D eigenvalue weighted by atomic mass is 16.6. The van der Waals surface area contributed by atoms with Crippen LogP contribution in [-0.2, 0) is 38.2 Å². The largest absolute Gasteiger partial charge is 0.481 e. The summed E-state index contributed by atoms with van der Waals surface area (Å²) in [7, 11) is 0. The Bertz CT molecular complexity index is 1040. The van der Waals surface area contributed by atoms with Crippen molar-refractivity contribution in [1.29, 1.82) is 0 Å². The molecule has 0 spiro atoms. The van der Waals surface area contributed by atoms with Crippen molar-refractivity contribution in [2.75, 3.05) is 6.61 Å². The molecule has 10 heteroatoms. The molecule has 37 heavy (non-hydrogen) atoms. The fraction of sp³-hybridized carbons (Fsp3) is 0.593. The van der Waals surface area contributed by atoms with E-state index in [4.69, 9.17) is 24.4 Å². The summed E-state index contributed by atoms with van der Waals surface area (Å²) in [5.74, 6) is -4.52. The normalized spacial score (nSPS) is 31.3. The fourth-order valence-corrected chi connectivity index (χ4v) is 6.03. The Kier molecular flexibility index (Phi) is 8.60. The zero-order valence-electron chi connectivity index (χ0n) is 21.2. The molecule has 0 aromatic rings. The maximum absolute atomic E-state index is 12.7. The molecule has 0 aromatic carbocycles. The lowest BCUT2D eigenvalue weighted by Gasteiger charge is -2.59. The number of fused-ring (bicyclic) bond motifs is 1. The highest BCUT2D eigenvalue weighted by Crippen LogP contribution is 2.60. The molecular formula is C27H34O10. The molecule has 0 radical (unpaired) electrons. The third-order valence-electron chi connectivity index (χ3n) is 7.89. The summed E-state index contributed by atoms with van der Waals surface area (Å²) in [6, 6.07) is 0. The third kappa shape index (κ3) is 6.29. The van der Waals surface area contributed by atoms with Crippen LogP contribution in [0.4, 0.5) is 0 Å². The number of ether oxygens (including phenoxy) is 3. The highest BCUT2D eigenvalue weighted by Gasteiger charge is 2.61. The van der Waals surface area contributed by atoms with Crippen LogP contribution in [0, 0.1) is 17.3 Å². The average Bonchev–Trinajstić information content (AvgIpc) is 3.22. The van der Waals surface area contributed by atoms with Gasteiger partial charge in [0.25, 0.3) is 0 Å². The number of hydrogen-bond donors (Lipinski definition) is 2. The molecule has 2 saturated carbocycles. The van der Waals surface area contributed by atoms with Gasteiger partial charge in [0, 0.05) is 11.8 Å². The van der Waals surface area contributed by atoms with E-state index in [1.807, 2.05) is 6.08 Å². The Morgan fingerprint density at radius 2 is 1.73 bits per heavy atom. The molecule has 2 aliphatic carbocycles. The summed E-state index contributed by atoms with van der Waals surface area (Å²) < 4.78 is 16.6. The second kappa shape index (κ2) is 11.3. The zero-order valence-corrected chi connectivity index (χ0v) is 21.2. The van der Waals surface area contributed by atoms with Crippen LogP contribution in [0.5, 0.6) is 0 Å². The first-order chi connectivity index (χ1) is 17.4. The molecule has 2 N–H and O–H groups in total. The zero-order chi connectivity index (χ0) is 27.4. The minimum atomic E-state index is -1.28. The van der Waals surface area contributed by atoms with Gasteiger partial charge < -0.3 is 24.4 Å². The minimum Gasteiger partial charge on any atom is -0.481 e. The molecule has 0 unspecified atom stereocenters. The number of carboxylic acids is 2. The Morgan fingerprint density at radius 3 is 2.32 bits per heavy atom. The number of carbonyl (C=O) groups is 5. The molecule has 1 aliphatic heterocycles. The summed E-state index contributed by atoms with van der Waals surface area (Å²) in [5.41, 5.74) is -0.318. The van der Waals surface area contributed by atoms with Crippen molar-refractivity contribution < 1.29 is 48.4 Å². The number of carboxylic acid groups (broad SMARTS) is 2. The predicted octanol–water partition coefficient (Wildman–Crippen LogP) is 3.35. The molecule has 10 nitrogen and oxygen atoms in total. The van der Waals surface area contributed by atoms with Gasteiger partial charge in [0.05, 0.1) is 31.3 Å². The van der Waals surface area contributed by atoms with Gasteiger partial charge in [-0.1, -0.05) is 31.2 Å². The number of aliphatic carboxylic acids is 2. The second-order valence-corrected chi connectivity index (χ2v) is 10.3. The Balaban J connectivity index is 1.91. The quantitative estimate of drug-likeness (QED) is 0.250. The van der Waals surface area contributed by atoms with E-state index in [0.717, 1.165) is 5.57 Å². The molecule has 2 fully saturated rings. The summed E-state index contributed by atoms with van der Waals surface area (Å²) in [5, 5.41) is 17.9. The van der Waals surface area contributed by atoms with E-state index < -0.39 is 53.4 Å². The molecule has 202 valence electrons. The van der Waals surface area contributed by atoms with Gasteiger partial charge >= 0.3 is 29.8 Å². The van der Waals surface area contributed by atoms with Gasteiger partial charge in [-0.2, -0.15) is 0 Å². The van der Waals surface area contributed by atoms with E-state index in [9.17, 15) is 24.0 Å². The maximum Gasteiger partial charge on any atom is 0.338 e. The number of esters is 3. The van der Waals surface area contributed by atoms with Crippen molar-refractivity contribution in [2.45, 2.75) is 76.9 Å². The summed E-state index contributed by atoms with van der Waals surface area (Å²) in [6.07, 6.45) is 5.24. The van der Waals surface area contributed by atoms with Crippen LogP contribution in [0.25, 0.3) is 0 Å². The molecule has 5 atom stereocenters. The van der Waals surface area contributed by atoms with Crippen LogP contribution in [0.1, 0.15) is 65.2 Å². The van der Waals surface area contributed by atoms with E-state index in [2.05, 4.69) is 13.5 Å². The van der Waals surface area contributed by atoms with Crippen LogP contribution in [0.15, 0.2) is 36.0 Å². The maximum atomic E-state index is 12.7. The molecule has 3 aliphatic rings. The van der Waals surface area contributed by atoms with Crippen LogP contribution >= 0.6 is 0 Å². The second-order valence-electron chi connectivity index (χ2n) is 10.3. The number of rotatable bonds is 10. The minimum absolute atomic E-state index is 0.166. The van der Waals surface area contributed by atoms with Crippen molar-refractivity contribution in [3.63, 3.8) is 0 Å². The molecule has 3 rings (SSSR count). The van der Waals surface area contributed by atoms with Crippen molar-refractivity contribution >= 4 is 29.8 Å². The van der Waals surface area contributed by atoms with Gasteiger partial charge in [0.2, 0.25) is 0 Å². The SMILES string of the molecule is C=C1CC[C@H]2[C@@](C)(CC[C@@H](OC(=O)CCC(=O)O)[C@@]2(C)OC(=O)CCC(=O)O)[C@@H]1/C=C/C1=CCOC1=O. The first kappa shape index (κ1) is 28.1. The Labute approximate surface area is 215 Å². The molecule has 0 aromatic heterocycles. The lowest BCUT2D eigenvalue weighted by molar-refractivity contribution is -0.224. The highest BCUT2D eigenvalue weighted by molar-refractivity contribution is 5.93. The average molecular weight is 519 g/mol. The lowest BCUT2D eigenvalue weighted by Crippen LogP contribution is -2.62. The van der Waals surface area contributed by atoms with Crippen molar-refractivity contribution in [2.24, 2.45) is 17.3 Å². The van der Waals surface area contributed by atoms with Crippen molar-refractivity contribution in [3.8, 4) is 0 Å². The number of cyclic esters (lactones) is 1. The van der Waals surface area contributed by atoms with E-state index in [1.54, 1.807) is 19.1 Å². The third-order valence-corrected chi connectivity index (χ3v) is 7.89. The van der Waals surface area contributed by atoms with E-state index in [0.29, 0.717) is 31.3 Å². The van der Waals surface area contributed by atoms with E-state index in [-0.39, 0.29) is 37.7 Å². The number of allylic oxidation sites excluding steroid dienone is 2. The van der Waals surface area contributed by atoms with Crippen LogP contribution < -0.4 is 0 Å². The topological polar surface area (TPSA) is 154 Å². The number of carbonyl (C=O) groups excluding carboxylic acids is 3. The van der Waals surface area contributed by atoms with E-state index in [1.165, 1.54) is 0 Å². The predicted molar refractivity (Wildman–Crippen MR) is 129 cm³/mol. The van der Waals surface area contributed by atoms with Crippen molar-refractivity contribution in [1.82, 2.24) is 0 Å². The van der Waals surface area contributed by atoms with Gasteiger partial charge in [-0.15, -0.1) is 0 Å². The van der Waals surface area contributed by atoms with Gasteiger partial charge in [-0.25, -0.2) is 4.79 Å². The standard InChI is InChI=1S/C27H34O10/c1-16-4-7-19-26(2,18(16)6-5-17-13-15-35-25(17)34)14-12-20(36-23(32)10-8-21(28)29)27(19,3)37-24(33)11-9-22(30)31/h5-6,13,18-20H,1,4,7-12,14-15H2,2-3H3,(H,28,29)(H,30,31)/b6-5+/t18-,19+,20-,26+,27+/m1/s1. The van der Waals surface area contributed by atoms with Crippen LogP contribution in [-0.4, -0.2) is 58.4 Å². The fourth-order valence-electron chi connectivity index (χ4n) is 6.03. The van der Waals surface area contributed by atoms with Gasteiger partial charge in [0.15, 0.2) is 0 Å². The van der Waals surface area contributed by atoms with E-state index >= 15 is 0 Å². The monoisotopic (exact) mass is 518 g/mol. The van der Waals surface area contributed by atoms with Crippen LogP contribution in [0.3, 0.4) is 0 Å². The van der Waals surface area contributed by atoms with Gasteiger partial charge in [0.1, 0.15) is 18.3 Å². The summed E-state index contributed by atoms with van der Waals surface area (Å²) in [4.78, 5) is 59.0. The van der Waals surface area contributed by atoms with Crippen molar-refractivity contribution in [3.05, 3.63) is 36.0 Å². The molecule has 0 saturated heterocycles. The van der Waals surface area contributed by atoms with Gasteiger partial charge in [-0.05, 0) is 44.1 Å². The Hall–Kier alpha value is -3.43. The first-order valence-corrected chi connectivity index (χ1v) is 12.4. The summed E-state index contributed by atoms with van der Waals surface area (Å²) >= 11 is 0. The number of hydrogen-bond acceptors (Lipinski definition) is 8. The molecule has 0 bridgehead atoms. The molecular weight excluding hydrogens is 484 g/mol. The molecule has 1 heterocycles. The summed E-state index contributed by atoms with van der Waals surface area (Å²) in [6.45, 7) is 8.25. The smallest absolute Gasteiger partial charge is 0.338 e. The first-order valence-electron chi connectivity index (χ1n) is 12.4. The Morgan fingerprint density at radius 1 is 1.08 bits per heavy atom.